The lowest BCUT2D eigenvalue weighted by Crippen LogP contribution is -2.40. The van der Waals surface area contributed by atoms with Crippen molar-refractivity contribution in [3.05, 3.63) is 64.7 Å². The van der Waals surface area contributed by atoms with Crippen molar-refractivity contribution in [1.29, 1.82) is 0 Å². The van der Waals surface area contributed by atoms with Crippen molar-refractivity contribution in [2.24, 2.45) is 0 Å². The van der Waals surface area contributed by atoms with E-state index < -0.39 is 0 Å². The highest BCUT2D eigenvalue weighted by Gasteiger charge is 2.25. The number of benzene rings is 2. The van der Waals surface area contributed by atoms with E-state index in [0.29, 0.717) is 10.6 Å². The van der Waals surface area contributed by atoms with Crippen molar-refractivity contribution in [3.63, 3.8) is 0 Å². The number of carbonyl (C=O) groups is 1. The lowest BCUT2D eigenvalue weighted by atomic mass is 10.0. The number of fused-ring (bicyclic) bond motifs is 1. The molecule has 1 saturated heterocycles. The second kappa shape index (κ2) is 7.90. The molecule has 2 aromatic carbocycles. The standard InChI is InChI=1S/C23H23ClN2O2/c1-14-19(24)11-10-17-18(23(27)25-15(2)21-9-6-12-28-21)13-20(26-22(14)17)16-7-4-3-5-8-16/h3-5,7-8,10-11,13,15,21H,6,9,12H2,1-2H3,(H,25,27)/t15-,21+/m1/s1. The molecule has 0 bridgehead atoms. The minimum absolute atomic E-state index is 0.0493. The Kier molecular flexibility index (Phi) is 5.33. The Morgan fingerprint density at radius 2 is 2.04 bits per heavy atom. The van der Waals surface area contributed by atoms with Crippen LogP contribution in [0, 0.1) is 6.92 Å². The zero-order valence-corrected chi connectivity index (χ0v) is 16.8. The molecule has 144 valence electrons. The smallest absolute Gasteiger partial charge is 0.252 e. The van der Waals surface area contributed by atoms with Gasteiger partial charge in [-0.15, -0.1) is 0 Å². The largest absolute Gasteiger partial charge is 0.376 e. The van der Waals surface area contributed by atoms with Gasteiger partial charge in [0, 0.05) is 22.6 Å². The van der Waals surface area contributed by atoms with Crippen LogP contribution in [0.25, 0.3) is 22.2 Å². The Balaban J connectivity index is 1.79. The third kappa shape index (κ3) is 3.62. The van der Waals surface area contributed by atoms with Gasteiger partial charge >= 0.3 is 0 Å². The van der Waals surface area contributed by atoms with Gasteiger partial charge in [-0.3, -0.25) is 4.79 Å². The first-order chi connectivity index (χ1) is 13.5. The fraction of sp³-hybridized carbons (Fsp3) is 0.304. The molecule has 3 aromatic rings. The van der Waals surface area contributed by atoms with E-state index in [-0.39, 0.29) is 18.1 Å². The normalized spacial score (nSPS) is 17.6. The van der Waals surface area contributed by atoms with E-state index >= 15 is 0 Å². The summed E-state index contributed by atoms with van der Waals surface area (Å²) in [5.41, 5.74) is 3.95. The average Bonchev–Trinajstić information content (AvgIpc) is 3.26. The van der Waals surface area contributed by atoms with Gasteiger partial charge in [0.05, 0.1) is 28.9 Å². The van der Waals surface area contributed by atoms with Gasteiger partial charge in [0.2, 0.25) is 0 Å². The zero-order valence-electron chi connectivity index (χ0n) is 16.0. The Morgan fingerprint density at radius 1 is 1.25 bits per heavy atom. The molecule has 1 aliphatic heterocycles. The van der Waals surface area contributed by atoms with Crippen LogP contribution in [-0.2, 0) is 4.74 Å². The first-order valence-corrected chi connectivity index (χ1v) is 10.00. The molecule has 5 heteroatoms. The van der Waals surface area contributed by atoms with Crippen molar-refractivity contribution in [1.82, 2.24) is 10.3 Å². The van der Waals surface area contributed by atoms with Crippen molar-refractivity contribution in [2.45, 2.75) is 38.8 Å². The number of aromatic nitrogens is 1. The van der Waals surface area contributed by atoms with Crippen molar-refractivity contribution in [2.75, 3.05) is 6.61 Å². The SMILES string of the molecule is Cc1c(Cl)ccc2c(C(=O)N[C@H](C)[C@@H]3CCCO3)cc(-c3ccccc3)nc12. The van der Waals surface area contributed by atoms with E-state index in [9.17, 15) is 4.79 Å². The van der Waals surface area contributed by atoms with E-state index in [4.69, 9.17) is 21.3 Å². The number of hydrogen-bond acceptors (Lipinski definition) is 3. The van der Waals surface area contributed by atoms with Gasteiger partial charge < -0.3 is 10.1 Å². The number of amides is 1. The van der Waals surface area contributed by atoms with Crippen LogP contribution in [0.2, 0.25) is 5.02 Å². The maximum atomic E-state index is 13.2. The van der Waals surface area contributed by atoms with Crippen LogP contribution in [0.15, 0.2) is 48.5 Å². The van der Waals surface area contributed by atoms with Crippen molar-refractivity contribution < 1.29 is 9.53 Å². The third-order valence-corrected chi connectivity index (χ3v) is 5.77. The Labute approximate surface area is 169 Å². The second-order valence-electron chi connectivity index (χ2n) is 7.30. The molecule has 1 amide bonds. The second-order valence-corrected chi connectivity index (χ2v) is 7.71. The van der Waals surface area contributed by atoms with Crippen LogP contribution >= 0.6 is 11.6 Å². The van der Waals surface area contributed by atoms with E-state index in [1.807, 2.05) is 62.4 Å². The predicted molar refractivity (Wildman–Crippen MR) is 113 cm³/mol. The summed E-state index contributed by atoms with van der Waals surface area (Å²) >= 11 is 6.33. The third-order valence-electron chi connectivity index (χ3n) is 5.36. The number of ether oxygens (including phenoxy) is 1. The zero-order chi connectivity index (χ0) is 19.7. The number of nitrogens with one attached hydrogen (secondary N) is 1. The monoisotopic (exact) mass is 394 g/mol. The molecule has 1 aromatic heterocycles. The molecule has 0 radical (unpaired) electrons. The van der Waals surface area contributed by atoms with Crippen LogP contribution in [-0.4, -0.2) is 29.6 Å². The van der Waals surface area contributed by atoms with E-state index in [2.05, 4.69) is 5.32 Å². The summed E-state index contributed by atoms with van der Waals surface area (Å²) < 4.78 is 5.72. The number of hydrogen-bond donors (Lipinski definition) is 1. The van der Waals surface area contributed by atoms with Crippen LogP contribution in [0.4, 0.5) is 0 Å². The van der Waals surface area contributed by atoms with E-state index in [1.165, 1.54) is 0 Å². The molecule has 4 nitrogen and oxygen atoms in total. The topological polar surface area (TPSA) is 51.2 Å². The Hall–Kier alpha value is -2.43. The van der Waals surface area contributed by atoms with Gasteiger partial charge in [-0.25, -0.2) is 4.98 Å². The quantitative estimate of drug-likeness (QED) is 0.664. The first-order valence-electron chi connectivity index (χ1n) is 9.62. The highest BCUT2D eigenvalue weighted by Crippen LogP contribution is 2.30. The van der Waals surface area contributed by atoms with Crippen LogP contribution < -0.4 is 5.32 Å². The minimum Gasteiger partial charge on any atom is -0.376 e. The molecule has 2 atom stereocenters. The highest BCUT2D eigenvalue weighted by molar-refractivity contribution is 6.32. The van der Waals surface area contributed by atoms with Crippen LogP contribution in [0.5, 0.6) is 0 Å². The summed E-state index contributed by atoms with van der Waals surface area (Å²) in [4.78, 5) is 18.0. The van der Waals surface area contributed by atoms with Gasteiger partial charge in [-0.2, -0.15) is 0 Å². The number of nitrogens with zero attached hydrogens (tertiary/aromatic N) is 1. The molecule has 28 heavy (non-hydrogen) atoms. The predicted octanol–water partition coefficient (Wildman–Crippen LogP) is 5.16. The molecule has 1 N–H and O–H groups in total. The molecule has 0 saturated carbocycles. The number of halogens is 1. The van der Waals surface area contributed by atoms with Gasteiger partial charge in [-0.1, -0.05) is 48.0 Å². The summed E-state index contributed by atoms with van der Waals surface area (Å²) in [5, 5.41) is 4.57. The van der Waals surface area contributed by atoms with Crippen molar-refractivity contribution >= 4 is 28.4 Å². The molecule has 1 aliphatic rings. The van der Waals surface area contributed by atoms with Crippen LogP contribution in [0.1, 0.15) is 35.7 Å². The Bertz CT molecular complexity index is 1010. The van der Waals surface area contributed by atoms with Gasteiger partial charge in [0.25, 0.3) is 5.91 Å². The van der Waals surface area contributed by atoms with E-state index in [1.54, 1.807) is 0 Å². The number of aryl methyl sites for hydroxylation is 1. The molecule has 0 spiro atoms. The average molecular weight is 395 g/mol. The molecule has 4 rings (SSSR count). The Morgan fingerprint density at radius 3 is 2.75 bits per heavy atom. The summed E-state index contributed by atoms with van der Waals surface area (Å²) in [5.74, 6) is -0.116. The fourth-order valence-corrected chi connectivity index (χ4v) is 3.88. The maximum Gasteiger partial charge on any atom is 0.252 e. The highest BCUT2D eigenvalue weighted by atomic mass is 35.5. The fourth-order valence-electron chi connectivity index (χ4n) is 3.72. The van der Waals surface area contributed by atoms with E-state index in [0.717, 1.165) is 47.2 Å². The summed E-state index contributed by atoms with van der Waals surface area (Å²) in [6, 6.07) is 15.4. The molecular weight excluding hydrogens is 372 g/mol. The first kappa shape index (κ1) is 18.9. The van der Waals surface area contributed by atoms with Gasteiger partial charge in [0.15, 0.2) is 0 Å². The summed E-state index contributed by atoms with van der Waals surface area (Å²) in [6.07, 6.45) is 2.09. The summed E-state index contributed by atoms with van der Waals surface area (Å²) in [6.45, 7) is 4.69. The molecular formula is C23H23ClN2O2. The minimum atomic E-state index is -0.116. The molecule has 1 fully saturated rings. The number of rotatable bonds is 4. The number of pyridine rings is 1. The van der Waals surface area contributed by atoms with Gasteiger partial charge in [0.1, 0.15) is 0 Å². The molecule has 0 aliphatic carbocycles. The maximum absolute atomic E-state index is 13.2. The lowest BCUT2D eigenvalue weighted by Gasteiger charge is -2.21. The molecule has 2 heterocycles. The van der Waals surface area contributed by atoms with Crippen molar-refractivity contribution in [3.8, 4) is 11.3 Å². The van der Waals surface area contributed by atoms with Gasteiger partial charge in [-0.05, 0) is 44.4 Å². The lowest BCUT2D eigenvalue weighted by molar-refractivity contribution is 0.0713. The van der Waals surface area contributed by atoms with Crippen LogP contribution in [0.3, 0.4) is 0 Å². The summed E-state index contributed by atoms with van der Waals surface area (Å²) in [7, 11) is 0. The number of carbonyl (C=O) groups excluding carboxylic acids is 1. The molecule has 0 unspecified atom stereocenters.